The van der Waals surface area contributed by atoms with Gasteiger partial charge < -0.3 is 5.11 Å². The van der Waals surface area contributed by atoms with Crippen LogP contribution in [0.3, 0.4) is 0 Å². The minimum absolute atomic E-state index is 0.386. The fraction of sp³-hybridized carbons (Fsp3) is 1.00. The van der Waals surface area contributed by atoms with Crippen LogP contribution in [0.2, 0.25) is 0 Å². The van der Waals surface area contributed by atoms with Crippen molar-refractivity contribution in [2.75, 3.05) is 6.61 Å². The molecule has 0 radical (unpaired) electrons. The first-order valence-corrected chi connectivity index (χ1v) is 3.93. The molecule has 0 spiro atoms. The Morgan fingerprint density at radius 1 is 1.44 bits per heavy atom. The molecule has 1 fully saturated rings. The normalized spacial score (nSPS) is 35.3. The Labute approximate surface area is 57.1 Å². The smallest absolute Gasteiger partial charge is 0.0433 e. The zero-order valence-electron chi connectivity index (χ0n) is 6.14. The van der Waals surface area contributed by atoms with Gasteiger partial charge in [0, 0.05) is 6.61 Å². The Kier molecular flexibility index (Phi) is 2.52. The maximum absolute atomic E-state index is 8.61. The zero-order chi connectivity index (χ0) is 6.69. The van der Waals surface area contributed by atoms with Crippen LogP contribution in [0.15, 0.2) is 0 Å². The van der Waals surface area contributed by atoms with Crippen molar-refractivity contribution >= 4 is 0 Å². The van der Waals surface area contributed by atoms with Gasteiger partial charge in [-0.2, -0.15) is 0 Å². The third kappa shape index (κ3) is 1.98. The standard InChI is InChI=1S/C8H16O/c1-7-2-3-8(6-7)4-5-9/h7-9H,2-6H2,1H3. The Morgan fingerprint density at radius 2 is 2.22 bits per heavy atom. The van der Waals surface area contributed by atoms with Crippen LogP contribution in [-0.4, -0.2) is 11.7 Å². The average Bonchev–Trinajstić information content (AvgIpc) is 2.17. The Bertz CT molecular complexity index is 78.6. The molecule has 0 amide bonds. The second-order valence-electron chi connectivity index (χ2n) is 3.30. The van der Waals surface area contributed by atoms with Gasteiger partial charge in [-0.25, -0.2) is 0 Å². The van der Waals surface area contributed by atoms with E-state index in [-0.39, 0.29) is 0 Å². The highest BCUT2D eigenvalue weighted by atomic mass is 16.3. The first-order valence-electron chi connectivity index (χ1n) is 3.93. The number of aliphatic hydroxyl groups is 1. The van der Waals surface area contributed by atoms with E-state index in [2.05, 4.69) is 6.92 Å². The molecule has 0 saturated heterocycles. The van der Waals surface area contributed by atoms with E-state index in [1.807, 2.05) is 0 Å². The Hall–Kier alpha value is -0.0400. The zero-order valence-corrected chi connectivity index (χ0v) is 6.14. The van der Waals surface area contributed by atoms with Crippen LogP contribution in [0.5, 0.6) is 0 Å². The van der Waals surface area contributed by atoms with Crippen LogP contribution >= 0.6 is 0 Å². The molecule has 1 N–H and O–H groups in total. The monoisotopic (exact) mass is 128 g/mol. The lowest BCUT2D eigenvalue weighted by molar-refractivity contribution is 0.256. The minimum Gasteiger partial charge on any atom is -0.396 e. The molecule has 1 aliphatic carbocycles. The number of rotatable bonds is 2. The van der Waals surface area contributed by atoms with E-state index >= 15 is 0 Å². The summed E-state index contributed by atoms with van der Waals surface area (Å²) in [5.41, 5.74) is 0. The van der Waals surface area contributed by atoms with Gasteiger partial charge in [0.15, 0.2) is 0 Å². The van der Waals surface area contributed by atoms with E-state index in [0.717, 1.165) is 18.3 Å². The Morgan fingerprint density at radius 3 is 2.67 bits per heavy atom. The highest BCUT2D eigenvalue weighted by Crippen LogP contribution is 2.31. The molecule has 0 aromatic carbocycles. The van der Waals surface area contributed by atoms with Crippen LogP contribution in [-0.2, 0) is 0 Å². The predicted molar refractivity (Wildman–Crippen MR) is 38.2 cm³/mol. The summed E-state index contributed by atoms with van der Waals surface area (Å²) in [6, 6.07) is 0. The molecule has 1 nitrogen and oxygen atoms in total. The van der Waals surface area contributed by atoms with E-state index < -0.39 is 0 Å². The van der Waals surface area contributed by atoms with Crippen LogP contribution in [0.25, 0.3) is 0 Å². The van der Waals surface area contributed by atoms with Crippen molar-refractivity contribution in [2.45, 2.75) is 32.6 Å². The van der Waals surface area contributed by atoms with Crippen LogP contribution < -0.4 is 0 Å². The second kappa shape index (κ2) is 3.21. The SMILES string of the molecule is CC1CCC(CCO)C1. The molecule has 1 aliphatic rings. The molecule has 2 unspecified atom stereocenters. The fourth-order valence-corrected chi connectivity index (χ4v) is 1.77. The Balaban J connectivity index is 2.14. The summed E-state index contributed by atoms with van der Waals surface area (Å²) in [4.78, 5) is 0. The molecule has 0 bridgehead atoms. The minimum atomic E-state index is 0.386. The highest BCUT2D eigenvalue weighted by molar-refractivity contribution is 4.71. The molecular formula is C8H16O. The first-order chi connectivity index (χ1) is 4.33. The third-order valence-corrected chi connectivity index (χ3v) is 2.34. The third-order valence-electron chi connectivity index (χ3n) is 2.34. The molecule has 1 rings (SSSR count). The van der Waals surface area contributed by atoms with Crippen molar-refractivity contribution in [3.63, 3.8) is 0 Å². The first kappa shape index (κ1) is 7.07. The van der Waals surface area contributed by atoms with Gasteiger partial charge in [-0.15, -0.1) is 0 Å². The summed E-state index contributed by atoms with van der Waals surface area (Å²) in [7, 11) is 0. The van der Waals surface area contributed by atoms with Crippen molar-refractivity contribution in [1.82, 2.24) is 0 Å². The quantitative estimate of drug-likeness (QED) is 0.601. The summed E-state index contributed by atoms with van der Waals surface area (Å²) in [5, 5.41) is 8.61. The molecule has 2 atom stereocenters. The fourth-order valence-electron chi connectivity index (χ4n) is 1.77. The van der Waals surface area contributed by atoms with Crippen LogP contribution in [0.1, 0.15) is 32.6 Å². The summed E-state index contributed by atoms with van der Waals surface area (Å²) >= 11 is 0. The molecule has 1 heteroatoms. The van der Waals surface area contributed by atoms with E-state index in [0.29, 0.717) is 6.61 Å². The van der Waals surface area contributed by atoms with E-state index in [1.54, 1.807) is 0 Å². The van der Waals surface area contributed by atoms with Crippen molar-refractivity contribution in [2.24, 2.45) is 11.8 Å². The van der Waals surface area contributed by atoms with Gasteiger partial charge in [0.1, 0.15) is 0 Å². The van der Waals surface area contributed by atoms with Crippen molar-refractivity contribution < 1.29 is 5.11 Å². The van der Waals surface area contributed by atoms with E-state index in [9.17, 15) is 0 Å². The van der Waals surface area contributed by atoms with Crippen molar-refractivity contribution in [1.29, 1.82) is 0 Å². The summed E-state index contributed by atoms with van der Waals surface area (Å²) < 4.78 is 0. The summed E-state index contributed by atoms with van der Waals surface area (Å²) in [6.07, 6.45) is 5.11. The van der Waals surface area contributed by atoms with Crippen molar-refractivity contribution in [3.05, 3.63) is 0 Å². The van der Waals surface area contributed by atoms with Crippen LogP contribution in [0, 0.1) is 11.8 Å². The van der Waals surface area contributed by atoms with Gasteiger partial charge >= 0.3 is 0 Å². The van der Waals surface area contributed by atoms with Crippen molar-refractivity contribution in [3.8, 4) is 0 Å². The summed E-state index contributed by atoms with van der Waals surface area (Å²) in [6.45, 7) is 2.69. The van der Waals surface area contributed by atoms with Gasteiger partial charge in [-0.05, 0) is 24.7 Å². The molecule has 0 aliphatic heterocycles. The molecule has 1 saturated carbocycles. The number of hydrogen-bond acceptors (Lipinski definition) is 1. The molecule has 0 heterocycles. The number of aliphatic hydroxyl groups excluding tert-OH is 1. The predicted octanol–water partition coefficient (Wildman–Crippen LogP) is 1.80. The number of hydrogen-bond donors (Lipinski definition) is 1. The molecule has 54 valence electrons. The van der Waals surface area contributed by atoms with E-state index in [4.69, 9.17) is 5.11 Å². The topological polar surface area (TPSA) is 20.2 Å². The lowest BCUT2D eigenvalue weighted by atomic mass is 10.0. The molecule has 0 aromatic heterocycles. The molecule has 9 heavy (non-hydrogen) atoms. The largest absolute Gasteiger partial charge is 0.396 e. The molecule has 0 aromatic rings. The second-order valence-corrected chi connectivity index (χ2v) is 3.30. The van der Waals surface area contributed by atoms with Gasteiger partial charge in [0.05, 0.1) is 0 Å². The van der Waals surface area contributed by atoms with Crippen LogP contribution in [0.4, 0.5) is 0 Å². The maximum atomic E-state index is 8.61. The van der Waals surface area contributed by atoms with Gasteiger partial charge in [0.25, 0.3) is 0 Å². The van der Waals surface area contributed by atoms with E-state index in [1.165, 1.54) is 19.3 Å². The van der Waals surface area contributed by atoms with Gasteiger partial charge in [-0.1, -0.05) is 19.8 Å². The lowest BCUT2D eigenvalue weighted by Gasteiger charge is -2.04. The van der Waals surface area contributed by atoms with Gasteiger partial charge in [-0.3, -0.25) is 0 Å². The highest BCUT2D eigenvalue weighted by Gasteiger charge is 2.19. The lowest BCUT2D eigenvalue weighted by Crippen LogP contribution is -1.97. The summed E-state index contributed by atoms with van der Waals surface area (Å²) in [5.74, 6) is 1.76. The maximum Gasteiger partial charge on any atom is 0.0433 e. The average molecular weight is 128 g/mol. The van der Waals surface area contributed by atoms with Gasteiger partial charge in [0.2, 0.25) is 0 Å². The molecular weight excluding hydrogens is 112 g/mol.